The van der Waals surface area contributed by atoms with Crippen molar-refractivity contribution in [1.82, 2.24) is 9.29 Å². The van der Waals surface area contributed by atoms with Gasteiger partial charge in [0.15, 0.2) is 0 Å². The summed E-state index contributed by atoms with van der Waals surface area (Å²) < 4.78 is 33.1. The van der Waals surface area contributed by atoms with Crippen molar-refractivity contribution in [1.29, 1.82) is 0 Å². The van der Waals surface area contributed by atoms with E-state index in [9.17, 15) is 8.42 Å². The molecule has 0 spiro atoms. The third kappa shape index (κ3) is 3.16. The Labute approximate surface area is 170 Å². The first-order valence-electron chi connectivity index (χ1n) is 10.0. The Hall–Kier alpha value is -1.48. The minimum Gasteiger partial charge on any atom is -0.379 e. The maximum Gasteiger partial charge on any atom is 0.243 e. The highest BCUT2D eigenvalue weighted by atomic mass is 32.2. The third-order valence-electron chi connectivity index (χ3n) is 6.31. The topological polar surface area (TPSA) is 71.5 Å². The van der Waals surface area contributed by atoms with Crippen LogP contribution >= 0.6 is 11.3 Å². The molecule has 1 aromatic carbocycles. The van der Waals surface area contributed by atoms with Gasteiger partial charge in [0, 0.05) is 30.4 Å². The van der Waals surface area contributed by atoms with E-state index in [-0.39, 0.29) is 6.04 Å². The number of morpholine rings is 1. The highest BCUT2D eigenvalue weighted by Crippen LogP contribution is 2.51. The first-order valence-corrected chi connectivity index (χ1v) is 12.3. The first kappa shape index (κ1) is 18.5. The van der Waals surface area contributed by atoms with Gasteiger partial charge >= 0.3 is 0 Å². The lowest BCUT2D eigenvalue weighted by Gasteiger charge is -2.43. The van der Waals surface area contributed by atoms with E-state index in [2.05, 4.69) is 10.3 Å². The molecule has 1 N–H and O–H groups in total. The van der Waals surface area contributed by atoms with Crippen LogP contribution in [0.1, 0.15) is 48.2 Å². The Balaban J connectivity index is 1.52. The van der Waals surface area contributed by atoms with Crippen molar-refractivity contribution < 1.29 is 13.2 Å². The molecule has 2 fully saturated rings. The molecule has 3 unspecified atom stereocenters. The number of sulfonamides is 1. The Morgan fingerprint density at radius 3 is 2.79 bits per heavy atom. The van der Waals surface area contributed by atoms with Crippen LogP contribution in [0.4, 0.5) is 5.69 Å². The van der Waals surface area contributed by atoms with Gasteiger partial charge < -0.3 is 10.1 Å². The number of fused-ring (bicyclic) bond motifs is 3. The van der Waals surface area contributed by atoms with Crippen LogP contribution in [0.15, 0.2) is 34.7 Å². The van der Waals surface area contributed by atoms with Gasteiger partial charge in [-0.1, -0.05) is 12.8 Å². The lowest BCUT2D eigenvalue weighted by Crippen LogP contribution is -2.40. The van der Waals surface area contributed by atoms with Crippen molar-refractivity contribution >= 4 is 27.0 Å². The van der Waals surface area contributed by atoms with Crippen molar-refractivity contribution in [2.75, 3.05) is 31.6 Å². The van der Waals surface area contributed by atoms with Crippen LogP contribution in [0.3, 0.4) is 0 Å². The molecule has 0 bridgehead atoms. The number of aromatic nitrogens is 1. The molecule has 3 atom stereocenters. The second-order valence-electron chi connectivity index (χ2n) is 7.81. The maximum atomic E-state index is 13.1. The molecule has 2 aliphatic heterocycles. The largest absolute Gasteiger partial charge is 0.379 e. The van der Waals surface area contributed by atoms with Crippen LogP contribution in [0.2, 0.25) is 0 Å². The van der Waals surface area contributed by atoms with Crippen molar-refractivity contribution in [2.45, 2.75) is 42.5 Å². The molecule has 3 aliphatic rings. The molecule has 3 heterocycles. The molecule has 150 valence electrons. The van der Waals surface area contributed by atoms with Crippen LogP contribution in [0, 0.1) is 5.92 Å². The monoisotopic (exact) mass is 419 g/mol. The Kier molecular flexibility index (Phi) is 4.90. The zero-order valence-corrected chi connectivity index (χ0v) is 17.3. The zero-order valence-electron chi connectivity index (χ0n) is 15.7. The molecule has 28 heavy (non-hydrogen) atoms. The van der Waals surface area contributed by atoms with Gasteiger partial charge in [-0.3, -0.25) is 0 Å². The zero-order chi connectivity index (χ0) is 19.1. The van der Waals surface area contributed by atoms with Gasteiger partial charge in [-0.15, -0.1) is 11.3 Å². The average molecular weight is 420 g/mol. The van der Waals surface area contributed by atoms with E-state index in [0.717, 1.165) is 29.1 Å². The summed E-state index contributed by atoms with van der Waals surface area (Å²) in [5, 5.41) is 6.84. The van der Waals surface area contributed by atoms with Crippen LogP contribution in [0.5, 0.6) is 0 Å². The molecule has 1 saturated heterocycles. The molecule has 1 saturated carbocycles. The van der Waals surface area contributed by atoms with E-state index in [1.807, 2.05) is 23.7 Å². The Morgan fingerprint density at radius 1 is 1.18 bits per heavy atom. The second-order valence-corrected chi connectivity index (χ2v) is 10.7. The molecule has 1 aromatic heterocycles. The normalized spacial score (nSPS) is 28.2. The number of ether oxygens (including phenoxy) is 1. The fraction of sp³-hybridized carbons (Fsp3) is 0.550. The summed E-state index contributed by atoms with van der Waals surface area (Å²) in [7, 11) is -3.47. The number of nitrogens with one attached hydrogen (secondary N) is 1. The standard InChI is InChI=1S/C20H25N3O3S2/c24-28(25,23-8-10-26-11-9-23)14-5-6-18-17(13-14)15-3-1-2-4-16(15)19(22-18)20-21-7-12-27-20/h5-7,12-13,15-16,19,22H,1-4,8-11H2. The molecular weight excluding hydrogens is 394 g/mol. The summed E-state index contributed by atoms with van der Waals surface area (Å²) >= 11 is 1.70. The summed E-state index contributed by atoms with van der Waals surface area (Å²) in [6.45, 7) is 1.78. The number of benzene rings is 1. The average Bonchev–Trinajstić information content (AvgIpc) is 3.28. The van der Waals surface area contributed by atoms with Gasteiger partial charge in [-0.05, 0) is 48.4 Å². The van der Waals surface area contributed by atoms with E-state index >= 15 is 0 Å². The molecule has 5 rings (SSSR count). The predicted molar refractivity (Wildman–Crippen MR) is 109 cm³/mol. The molecule has 2 aromatic rings. The van der Waals surface area contributed by atoms with Crippen molar-refractivity contribution in [3.63, 3.8) is 0 Å². The van der Waals surface area contributed by atoms with Crippen molar-refractivity contribution in [3.05, 3.63) is 40.3 Å². The van der Waals surface area contributed by atoms with Crippen LogP contribution in [-0.4, -0.2) is 44.0 Å². The predicted octanol–water partition coefficient (Wildman–Crippen LogP) is 3.60. The van der Waals surface area contributed by atoms with E-state index in [1.54, 1.807) is 21.7 Å². The molecule has 1 aliphatic carbocycles. The smallest absolute Gasteiger partial charge is 0.243 e. The fourth-order valence-electron chi connectivity index (χ4n) is 4.93. The Bertz CT molecular complexity index is 940. The van der Waals surface area contributed by atoms with Crippen LogP contribution in [0.25, 0.3) is 0 Å². The van der Waals surface area contributed by atoms with E-state index in [1.165, 1.54) is 12.8 Å². The summed E-state index contributed by atoms with van der Waals surface area (Å²) in [6, 6.07) is 5.85. The van der Waals surface area contributed by atoms with Crippen LogP contribution < -0.4 is 5.32 Å². The van der Waals surface area contributed by atoms with E-state index in [0.29, 0.717) is 43.0 Å². The first-order chi connectivity index (χ1) is 13.6. The summed E-state index contributed by atoms with van der Waals surface area (Å²) in [5.41, 5.74) is 2.22. The number of hydrogen-bond donors (Lipinski definition) is 1. The molecule has 8 heteroatoms. The highest BCUT2D eigenvalue weighted by Gasteiger charge is 2.40. The minimum absolute atomic E-state index is 0.222. The highest BCUT2D eigenvalue weighted by molar-refractivity contribution is 7.89. The fourth-order valence-corrected chi connectivity index (χ4v) is 7.13. The van der Waals surface area contributed by atoms with Crippen LogP contribution in [-0.2, 0) is 14.8 Å². The summed E-state index contributed by atoms with van der Waals surface area (Å²) in [4.78, 5) is 4.97. The van der Waals surface area contributed by atoms with Gasteiger partial charge in [0.25, 0.3) is 0 Å². The number of rotatable bonds is 3. The SMILES string of the molecule is O=S(=O)(c1ccc2c(c1)C1CCCCC1C(c1nccs1)N2)N1CCOCC1. The third-order valence-corrected chi connectivity index (χ3v) is 9.06. The summed E-state index contributed by atoms with van der Waals surface area (Å²) in [5.74, 6) is 0.854. The molecule has 0 amide bonds. The Morgan fingerprint density at radius 2 is 2.00 bits per heavy atom. The molecule has 0 radical (unpaired) electrons. The summed E-state index contributed by atoms with van der Waals surface area (Å²) in [6.07, 6.45) is 6.56. The van der Waals surface area contributed by atoms with E-state index in [4.69, 9.17) is 4.74 Å². The number of hydrogen-bond acceptors (Lipinski definition) is 6. The number of anilines is 1. The molecule has 6 nitrogen and oxygen atoms in total. The van der Waals surface area contributed by atoms with Gasteiger partial charge in [-0.25, -0.2) is 13.4 Å². The lowest BCUT2D eigenvalue weighted by atomic mass is 9.69. The van der Waals surface area contributed by atoms with Crippen molar-refractivity contribution in [2.24, 2.45) is 5.92 Å². The van der Waals surface area contributed by atoms with Gasteiger partial charge in [0.2, 0.25) is 10.0 Å². The quantitative estimate of drug-likeness (QED) is 0.823. The number of nitrogens with zero attached hydrogens (tertiary/aromatic N) is 2. The van der Waals surface area contributed by atoms with Gasteiger partial charge in [0.05, 0.1) is 24.2 Å². The minimum atomic E-state index is -3.47. The molecular formula is C20H25N3O3S2. The van der Waals surface area contributed by atoms with E-state index < -0.39 is 10.0 Å². The number of thiazole rings is 1. The second kappa shape index (κ2) is 7.40. The maximum absolute atomic E-state index is 13.1. The lowest BCUT2D eigenvalue weighted by molar-refractivity contribution is 0.0730. The van der Waals surface area contributed by atoms with Gasteiger partial charge in [-0.2, -0.15) is 4.31 Å². The van der Waals surface area contributed by atoms with Gasteiger partial charge in [0.1, 0.15) is 5.01 Å². The van der Waals surface area contributed by atoms with Crippen molar-refractivity contribution in [3.8, 4) is 0 Å².